The molecule has 2 aromatic rings. The van der Waals surface area contributed by atoms with Crippen LogP contribution in [0.15, 0.2) is 42.7 Å². The molecule has 2 rings (SSSR count). The maximum atomic E-state index is 8.83. The molecule has 2 N–H and O–H groups in total. The fourth-order valence-electron chi connectivity index (χ4n) is 1.78. The summed E-state index contributed by atoms with van der Waals surface area (Å²) < 4.78 is 1.84. The van der Waals surface area contributed by atoms with Crippen molar-refractivity contribution in [1.82, 2.24) is 15.1 Å². The second kappa shape index (κ2) is 6.33. The van der Waals surface area contributed by atoms with Gasteiger partial charge in [-0.05, 0) is 37.1 Å². The normalized spacial score (nSPS) is 12.6. The average molecular weight is 245 g/mol. The van der Waals surface area contributed by atoms with E-state index in [-0.39, 0.29) is 6.61 Å². The summed E-state index contributed by atoms with van der Waals surface area (Å²) in [4.78, 5) is 0. The highest BCUT2D eigenvalue weighted by atomic mass is 16.3. The van der Waals surface area contributed by atoms with Crippen molar-refractivity contribution in [3.8, 4) is 5.69 Å². The Morgan fingerprint density at radius 3 is 2.72 bits per heavy atom. The number of nitrogens with one attached hydrogen (secondary N) is 1. The van der Waals surface area contributed by atoms with Crippen LogP contribution in [-0.2, 0) is 6.54 Å². The van der Waals surface area contributed by atoms with Gasteiger partial charge in [0, 0.05) is 31.6 Å². The molecule has 0 amide bonds. The van der Waals surface area contributed by atoms with Crippen LogP contribution >= 0.6 is 0 Å². The lowest BCUT2D eigenvalue weighted by Gasteiger charge is -2.12. The molecular weight excluding hydrogens is 226 g/mol. The first kappa shape index (κ1) is 12.8. The van der Waals surface area contributed by atoms with E-state index < -0.39 is 0 Å². The standard InChI is InChI=1S/C14H19N3O/c1-12(7-10-18)15-11-13-3-5-14(6-4-13)17-9-2-8-16-17/h2-6,8-9,12,15,18H,7,10-11H2,1H3. The van der Waals surface area contributed by atoms with E-state index >= 15 is 0 Å². The summed E-state index contributed by atoms with van der Waals surface area (Å²) in [6.45, 7) is 3.13. The van der Waals surface area contributed by atoms with Crippen molar-refractivity contribution in [2.75, 3.05) is 6.61 Å². The van der Waals surface area contributed by atoms with Gasteiger partial charge >= 0.3 is 0 Å². The van der Waals surface area contributed by atoms with Crippen LogP contribution in [0.3, 0.4) is 0 Å². The van der Waals surface area contributed by atoms with Crippen molar-refractivity contribution in [2.45, 2.75) is 25.9 Å². The molecule has 1 aromatic heterocycles. The lowest BCUT2D eigenvalue weighted by Crippen LogP contribution is -2.26. The Balaban J connectivity index is 1.92. The monoisotopic (exact) mass is 245 g/mol. The molecule has 0 radical (unpaired) electrons. The molecule has 1 unspecified atom stereocenters. The molecule has 1 heterocycles. The van der Waals surface area contributed by atoms with Crippen LogP contribution in [0.5, 0.6) is 0 Å². The molecular formula is C14H19N3O. The topological polar surface area (TPSA) is 50.1 Å². The molecule has 0 bridgehead atoms. The van der Waals surface area contributed by atoms with E-state index in [2.05, 4.69) is 41.6 Å². The van der Waals surface area contributed by atoms with Crippen molar-refractivity contribution in [3.63, 3.8) is 0 Å². The Hall–Kier alpha value is -1.65. The second-order valence-electron chi connectivity index (χ2n) is 4.41. The van der Waals surface area contributed by atoms with Crippen LogP contribution in [0, 0.1) is 0 Å². The lowest BCUT2D eigenvalue weighted by molar-refractivity contribution is 0.268. The molecule has 0 saturated carbocycles. The second-order valence-corrected chi connectivity index (χ2v) is 4.41. The third-order valence-corrected chi connectivity index (χ3v) is 2.92. The van der Waals surface area contributed by atoms with Crippen molar-refractivity contribution >= 4 is 0 Å². The molecule has 96 valence electrons. The molecule has 0 aliphatic rings. The van der Waals surface area contributed by atoms with E-state index in [1.807, 2.05) is 16.9 Å². The first-order valence-electron chi connectivity index (χ1n) is 6.23. The van der Waals surface area contributed by atoms with Crippen molar-refractivity contribution in [3.05, 3.63) is 48.3 Å². The maximum absolute atomic E-state index is 8.83. The number of aromatic nitrogens is 2. The van der Waals surface area contributed by atoms with E-state index in [0.29, 0.717) is 6.04 Å². The number of aliphatic hydroxyl groups excluding tert-OH is 1. The highest BCUT2D eigenvalue weighted by Crippen LogP contribution is 2.08. The minimum absolute atomic E-state index is 0.229. The Morgan fingerprint density at radius 2 is 2.11 bits per heavy atom. The zero-order chi connectivity index (χ0) is 12.8. The maximum Gasteiger partial charge on any atom is 0.0645 e. The van der Waals surface area contributed by atoms with Crippen LogP contribution in [0.2, 0.25) is 0 Å². The average Bonchev–Trinajstić information content (AvgIpc) is 2.91. The van der Waals surface area contributed by atoms with Gasteiger partial charge < -0.3 is 10.4 Å². The summed E-state index contributed by atoms with van der Waals surface area (Å²) in [5.41, 5.74) is 2.29. The van der Waals surface area contributed by atoms with E-state index in [1.165, 1.54) is 5.56 Å². The Morgan fingerprint density at radius 1 is 1.33 bits per heavy atom. The van der Waals surface area contributed by atoms with Crippen LogP contribution in [0.1, 0.15) is 18.9 Å². The minimum atomic E-state index is 0.229. The molecule has 1 atom stereocenters. The highest BCUT2D eigenvalue weighted by Gasteiger charge is 2.01. The summed E-state index contributed by atoms with van der Waals surface area (Å²) in [5, 5.41) is 16.4. The SMILES string of the molecule is CC(CCO)NCc1ccc(-n2cccn2)cc1. The van der Waals surface area contributed by atoms with Crippen LogP contribution in [0.4, 0.5) is 0 Å². The number of nitrogens with zero attached hydrogens (tertiary/aromatic N) is 2. The smallest absolute Gasteiger partial charge is 0.0645 e. The molecule has 0 spiro atoms. The number of benzene rings is 1. The van der Waals surface area contributed by atoms with Gasteiger partial charge in [-0.25, -0.2) is 4.68 Å². The third-order valence-electron chi connectivity index (χ3n) is 2.92. The molecule has 4 heteroatoms. The number of hydrogen-bond acceptors (Lipinski definition) is 3. The van der Waals surface area contributed by atoms with Gasteiger partial charge in [0.15, 0.2) is 0 Å². The van der Waals surface area contributed by atoms with E-state index in [0.717, 1.165) is 18.7 Å². The summed E-state index contributed by atoms with van der Waals surface area (Å²) in [5.74, 6) is 0. The molecule has 0 aliphatic carbocycles. The number of aliphatic hydroxyl groups is 1. The van der Waals surface area contributed by atoms with Crippen molar-refractivity contribution in [1.29, 1.82) is 0 Å². The summed E-state index contributed by atoms with van der Waals surface area (Å²) in [6.07, 6.45) is 4.48. The largest absolute Gasteiger partial charge is 0.396 e. The Labute approximate surface area is 107 Å². The third kappa shape index (κ3) is 3.42. The molecule has 18 heavy (non-hydrogen) atoms. The number of rotatable bonds is 6. The van der Waals surface area contributed by atoms with Crippen LogP contribution < -0.4 is 5.32 Å². The molecule has 4 nitrogen and oxygen atoms in total. The molecule has 0 fully saturated rings. The first-order chi connectivity index (χ1) is 8.79. The first-order valence-corrected chi connectivity index (χ1v) is 6.23. The predicted octanol–water partition coefficient (Wildman–Crippen LogP) is 1.73. The minimum Gasteiger partial charge on any atom is -0.396 e. The Kier molecular flexibility index (Phi) is 4.50. The van der Waals surface area contributed by atoms with Crippen molar-refractivity contribution < 1.29 is 5.11 Å². The summed E-state index contributed by atoms with van der Waals surface area (Å²) >= 11 is 0. The zero-order valence-corrected chi connectivity index (χ0v) is 10.6. The van der Waals surface area contributed by atoms with Gasteiger partial charge in [0.25, 0.3) is 0 Å². The van der Waals surface area contributed by atoms with Gasteiger partial charge in [0.1, 0.15) is 0 Å². The van der Waals surface area contributed by atoms with Gasteiger partial charge in [-0.15, -0.1) is 0 Å². The predicted molar refractivity (Wildman–Crippen MR) is 71.6 cm³/mol. The van der Waals surface area contributed by atoms with Gasteiger partial charge in [-0.2, -0.15) is 5.10 Å². The Bertz CT molecular complexity index is 450. The van der Waals surface area contributed by atoms with Gasteiger partial charge in [0.2, 0.25) is 0 Å². The highest BCUT2D eigenvalue weighted by molar-refractivity contribution is 5.33. The number of hydrogen-bond donors (Lipinski definition) is 2. The fraction of sp³-hybridized carbons (Fsp3) is 0.357. The van der Waals surface area contributed by atoms with E-state index in [4.69, 9.17) is 5.11 Å². The van der Waals surface area contributed by atoms with E-state index in [9.17, 15) is 0 Å². The van der Waals surface area contributed by atoms with Crippen molar-refractivity contribution in [2.24, 2.45) is 0 Å². The lowest BCUT2D eigenvalue weighted by atomic mass is 10.2. The van der Waals surface area contributed by atoms with Gasteiger partial charge in [0.05, 0.1) is 5.69 Å². The fourth-order valence-corrected chi connectivity index (χ4v) is 1.78. The van der Waals surface area contributed by atoms with Crippen LogP contribution in [-0.4, -0.2) is 27.5 Å². The van der Waals surface area contributed by atoms with Crippen LogP contribution in [0.25, 0.3) is 5.69 Å². The van der Waals surface area contributed by atoms with E-state index in [1.54, 1.807) is 6.20 Å². The zero-order valence-electron chi connectivity index (χ0n) is 10.6. The summed E-state index contributed by atoms with van der Waals surface area (Å²) in [7, 11) is 0. The van der Waals surface area contributed by atoms with Gasteiger partial charge in [-0.3, -0.25) is 0 Å². The van der Waals surface area contributed by atoms with Gasteiger partial charge in [-0.1, -0.05) is 12.1 Å². The summed E-state index contributed by atoms with van der Waals surface area (Å²) in [6, 6.07) is 10.5. The quantitative estimate of drug-likeness (QED) is 0.815. The molecule has 0 saturated heterocycles. The molecule has 1 aromatic carbocycles. The molecule has 0 aliphatic heterocycles.